The van der Waals surface area contributed by atoms with Gasteiger partial charge in [0.1, 0.15) is 0 Å². The van der Waals surface area contributed by atoms with Gasteiger partial charge in [-0.15, -0.1) is 11.3 Å². The minimum atomic E-state index is -0.583. The van der Waals surface area contributed by atoms with E-state index in [0.717, 1.165) is 11.3 Å². The number of non-ortho nitro benzene ring substituents is 2. The molecule has 0 radical (unpaired) electrons. The van der Waals surface area contributed by atoms with Gasteiger partial charge in [-0.2, -0.15) is 0 Å². The minimum absolute atomic E-state index is 0.0577. The van der Waals surface area contributed by atoms with E-state index in [4.69, 9.17) is 0 Å². The van der Waals surface area contributed by atoms with Crippen molar-refractivity contribution in [2.24, 2.45) is 0 Å². The molecule has 0 aliphatic heterocycles. The Kier molecular flexibility index (Phi) is 4.67. The number of amides is 1. The maximum absolute atomic E-state index is 12.2. The molecule has 0 unspecified atom stereocenters. The van der Waals surface area contributed by atoms with E-state index in [9.17, 15) is 25.0 Å². The van der Waals surface area contributed by atoms with Gasteiger partial charge in [-0.1, -0.05) is 18.2 Å². The summed E-state index contributed by atoms with van der Waals surface area (Å²) in [6, 6.07) is 11.3. The number of hydrogen-bond donors (Lipinski definition) is 1. The third kappa shape index (κ3) is 3.70. The van der Waals surface area contributed by atoms with Crippen molar-refractivity contribution in [1.29, 1.82) is 0 Å². The van der Waals surface area contributed by atoms with Crippen LogP contribution in [0.4, 0.5) is 16.5 Å². The van der Waals surface area contributed by atoms with Gasteiger partial charge < -0.3 is 0 Å². The highest BCUT2D eigenvalue weighted by Gasteiger charge is 2.14. The number of rotatable bonds is 5. The molecule has 0 atom stereocenters. The van der Waals surface area contributed by atoms with Crippen LogP contribution in [0.25, 0.3) is 11.3 Å². The summed E-state index contributed by atoms with van der Waals surface area (Å²) in [5, 5.41) is 26.1. The van der Waals surface area contributed by atoms with Crippen LogP contribution in [0.15, 0.2) is 53.9 Å². The molecule has 0 bridgehead atoms. The van der Waals surface area contributed by atoms with Crippen molar-refractivity contribution in [3.8, 4) is 11.3 Å². The van der Waals surface area contributed by atoms with Crippen molar-refractivity contribution >= 4 is 33.8 Å². The van der Waals surface area contributed by atoms with Gasteiger partial charge in [0.05, 0.1) is 15.5 Å². The first-order valence-electron chi connectivity index (χ1n) is 7.20. The standard InChI is InChI=1S/C16H10N4O5S/c21-15(11-4-2-6-13(8-11)20(24)25)18-16-17-14(9-26-16)10-3-1-5-12(7-10)19(22)23/h1-9H,(H,17,18,21). The number of nitro groups is 2. The Labute approximate surface area is 150 Å². The average Bonchev–Trinajstić information content (AvgIpc) is 3.10. The number of hydrogen-bond acceptors (Lipinski definition) is 7. The van der Waals surface area contributed by atoms with Crippen molar-refractivity contribution in [2.75, 3.05) is 5.32 Å². The van der Waals surface area contributed by atoms with Crippen LogP contribution in [0.5, 0.6) is 0 Å². The molecule has 0 saturated heterocycles. The molecule has 3 rings (SSSR count). The predicted octanol–water partition coefficient (Wildman–Crippen LogP) is 3.88. The lowest BCUT2D eigenvalue weighted by Crippen LogP contribution is -2.11. The third-order valence-electron chi connectivity index (χ3n) is 3.40. The molecule has 1 N–H and O–H groups in total. The molecular formula is C16H10N4O5S. The molecule has 0 saturated carbocycles. The summed E-state index contributed by atoms with van der Waals surface area (Å²) in [5.41, 5.74) is 0.914. The average molecular weight is 370 g/mol. The molecular weight excluding hydrogens is 360 g/mol. The molecule has 0 aliphatic rings. The second kappa shape index (κ2) is 7.07. The van der Waals surface area contributed by atoms with E-state index < -0.39 is 15.8 Å². The van der Waals surface area contributed by atoms with Gasteiger partial charge in [-0.05, 0) is 6.07 Å². The van der Waals surface area contributed by atoms with E-state index in [1.165, 1.54) is 36.4 Å². The highest BCUT2D eigenvalue weighted by Crippen LogP contribution is 2.27. The largest absolute Gasteiger partial charge is 0.298 e. The second-order valence-corrected chi connectivity index (χ2v) is 5.97. The maximum Gasteiger partial charge on any atom is 0.270 e. The Morgan fingerprint density at radius 3 is 2.35 bits per heavy atom. The quantitative estimate of drug-likeness (QED) is 0.536. The van der Waals surface area contributed by atoms with Crippen LogP contribution in [0.1, 0.15) is 10.4 Å². The number of aromatic nitrogens is 1. The smallest absolute Gasteiger partial charge is 0.270 e. The summed E-state index contributed by atoms with van der Waals surface area (Å²) in [6.07, 6.45) is 0. The Morgan fingerprint density at radius 1 is 1.00 bits per heavy atom. The van der Waals surface area contributed by atoms with Gasteiger partial charge in [0, 0.05) is 40.8 Å². The van der Waals surface area contributed by atoms with Gasteiger partial charge in [-0.25, -0.2) is 4.98 Å². The number of nitrogens with zero attached hydrogens (tertiary/aromatic N) is 3. The summed E-state index contributed by atoms with van der Waals surface area (Å²) in [6.45, 7) is 0. The van der Waals surface area contributed by atoms with Crippen LogP contribution < -0.4 is 5.32 Å². The summed E-state index contributed by atoms with van der Waals surface area (Å²) in [5.74, 6) is -0.534. The minimum Gasteiger partial charge on any atom is -0.298 e. The lowest BCUT2D eigenvalue weighted by Gasteiger charge is -2.01. The van der Waals surface area contributed by atoms with Crippen molar-refractivity contribution in [2.45, 2.75) is 0 Å². The topological polar surface area (TPSA) is 128 Å². The fraction of sp³-hybridized carbons (Fsp3) is 0. The Hall–Kier alpha value is -3.66. The van der Waals surface area contributed by atoms with E-state index in [2.05, 4.69) is 10.3 Å². The van der Waals surface area contributed by atoms with E-state index in [0.29, 0.717) is 11.3 Å². The van der Waals surface area contributed by atoms with E-state index >= 15 is 0 Å². The summed E-state index contributed by atoms with van der Waals surface area (Å²) in [4.78, 5) is 37.0. The molecule has 1 amide bonds. The van der Waals surface area contributed by atoms with Gasteiger partial charge >= 0.3 is 0 Å². The zero-order chi connectivity index (χ0) is 18.7. The zero-order valence-corrected chi connectivity index (χ0v) is 13.8. The fourth-order valence-electron chi connectivity index (χ4n) is 2.17. The third-order valence-corrected chi connectivity index (χ3v) is 4.15. The van der Waals surface area contributed by atoms with Crippen molar-refractivity contribution in [3.63, 3.8) is 0 Å². The molecule has 26 heavy (non-hydrogen) atoms. The summed E-state index contributed by atoms with van der Waals surface area (Å²) >= 11 is 1.15. The molecule has 130 valence electrons. The molecule has 0 aliphatic carbocycles. The fourth-order valence-corrected chi connectivity index (χ4v) is 2.89. The van der Waals surface area contributed by atoms with Gasteiger partial charge in [0.2, 0.25) is 0 Å². The number of nitrogens with one attached hydrogen (secondary N) is 1. The van der Waals surface area contributed by atoms with Crippen LogP contribution in [-0.4, -0.2) is 20.7 Å². The summed E-state index contributed by atoms with van der Waals surface area (Å²) in [7, 11) is 0. The van der Waals surface area contributed by atoms with E-state index in [-0.39, 0.29) is 22.1 Å². The first-order chi connectivity index (χ1) is 12.4. The van der Waals surface area contributed by atoms with E-state index in [1.807, 2.05) is 0 Å². The van der Waals surface area contributed by atoms with Crippen molar-refractivity contribution < 1.29 is 14.6 Å². The molecule has 9 nitrogen and oxygen atoms in total. The number of anilines is 1. The highest BCUT2D eigenvalue weighted by molar-refractivity contribution is 7.14. The van der Waals surface area contributed by atoms with Crippen molar-refractivity contribution in [1.82, 2.24) is 4.98 Å². The SMILES string of the molecule is O=C(Nc1nc(-c2cccc([N+](=O)[O-])c2)cs1)c1cccc([N+](=O)[O-])c1. The van der Waals surface area contributed by atoms with Gasteiger partial charge in [0.15, 0.2) is 5.13 Å². The summed E-state index contributed by atoms with van der Waals surface area (Å²) < 4.78 is 0. The monoisotopic (exact) mass is 370 g/mol. The van der Waals surface area contributed by atoms with Crippen LogP contribution in [0.3, 0.4) is 0 Å². The molecule has 0 spiro atoms. The van der Waals surface area contributed by atoms with Crippen LogP contribution in [-0.2, 0) is 0 Å². The Bertz CT molecular complexity index is 1020. The van der Waals surface area contributed by atoms with Crippen molar-refractivity contribution in [3.05, 3.63) is 79.7 Å². The van der Waals surface area contributed by atoms with Gasteiger partial charge in [-0.3, -0.25) is 30.3 Å². The number of carbonyl (C=O) groups excluding carboxylic acids is 1. The number of carbonyl (C=O) groups is 1. The maximum atomic E-state index is 12.2. The lowest BCUT2D eigenvalue weighted by molar-refractivity contribution is -0.385. The zero-order valence-electron chi connectivity index (χ0n) is 13.0. The molecule has 10 heteroatoms. The van der Waals surface area contributed by atoms with Crippen LogP contribution in [0, 0.1) is 20.2 Å². The van der Waals surface area contributed by atoms with Crippen LogP contribution >= 0.6 is 11.3 Å². The second-order valence-electron chi connectivity index (χ2n) is 5.11. The number of nitro benzene ring substituents is 2. The molecule has 2 aromatic carbocycles. The van der Waals surface area contributed by atoms with Crippen LogP contribution in [0.2, 0.25) is 0 Å². The first-order valence-corrected chi connectivity index (χ1v) is 8.08. The lowest BCUT2D eigenvalue weighted by atomic mass is 10.1. The first kappa shape index (κ1) is 17.2. The number of benzene rings is 2. The normalized spacial score (nSPS) is 10.3. The number of thiazole rings is 1. The molecule has 0 fully saturated rings. The van der Waals surface area contributed by atoms with E-state index in [1.54, 1.807) is 17.5 Å². The molecule has 3 aromatic rings. The molecule has 1 aromatic heterocycles. The van der Waals surface area contributed by atoms with Gasteiger partial charge in [0.25, 0.3) is 17.3 Å². The molecule has 1 heterocycles. The highest BCUT2D eigenvalue weighted by atomic mass is 32.1. The predicted molar refractivity (Wildman–Crippen MR) is 95.3 cm³/mol. The Morgan fingerprint density at radius 2 is 1.65 bits per heavy atom. The Balaban J connectivity index is 1.79.